The second kappa shape index (κ2) is 7.49. The molecule has 0 atom stereocenters. The van der Waals surface area contributed by atoms with E-state index in [1.165, 1.54) is 19.2 Å². The van der Waals surface area contributed by atoms with Gasteiger partial charge in [0.05, 0.1) is 5.69 Å². The molecular formula is C15H18ClF2N3OS. The largest absolute Gasteiger partial charge is 0.364 e. The predicted molar refractivity (Wildman–Crippen MR) is 89.5 cm³/mol. The van der Waals surface area contributed by atoms with Crippen LogP contribution in [0.3, 0.4) is 0 Å². The van der Waals surface area contributed by atoms with E-state index in [0.717, 1.165) is 37.0 Å². The van der Waals surface area contributed by atoms with Crippen molar-refractivity contribution in [3.05, 3.63) is 35.7 Å². The monoisotopic (exact) mass is 361 g/mol. The van der Waals surface area contributed by atoms with E-state index < -0.39 is 11.1 Å². The molecule has 0 aromatic carbocycles. The summed E-state index contributed by atoms with van der Waals surface area (Å²) < 4.78 is 27.3. The molecule has 126 valence electrons. The minimum absolute atomic E-state index is 0.0592. The van der Waals surface area contributed by atoms with Gasteiger partial charge >= 0.3 is 5.38 Å². The van der Waals surface area contributed by atoms with Crippen molar-refractivity contribution in [3.63, 3.8) is 0 Å². The van der Waals surface area contributed by atoms with Gasteiger partial charge in [0.25, 0.3) is 0 Å². The number of carbonyl (C=O) groups excluding carboxylic acids is 1. The lowest BCUT2D eigenvalue weighted by Gasteiger charge is -2.25. The first-order valence-electron chi connectivity index (χ1n) is 7.27. The van der Waals surface area contributed by atoms with Crippen LogP contribution in [0.15, 0.2) is 24.3 Å². The van der Waals surface area contributed by atoms with Crippen LogP contribution in [0.25, 0.3) is 4.91 Å². The minimum Gasteiger partial charge on any atom is -0.339 e. The zero-order valence-corrected chi connectivity index (χ0v) is 14.3. The average molecular weight is 362 g/mol. The number of carbonyl (C=O) groups is 1. The number of rotatable bonds is 4. The highest BCUT2D eigenvalue weighted by Gasteiger charge is 2.32. The molecule has 23 heavy (non-hydrogen) atoms. The number of aromatic nitrogens is 2. The van der Waals surface area contributed by atoms with Gasteiger partial charge in [-0.1, -0.05) is 6.08 Å². The maximum atomic E-state index is 13.2. The molecule has 0 radical (unpaired) electrons. The topological polar surface area (TPSA) is 38.1 Å². The van der Waals surface area contributed by atoms with E-state index in [9.17, 15) is 13.6 Å². The molecule has 0 unspecified atom stereocenters. The standard InChI is InChI=1S/C15H18ClF2N3OS/c1-20-13(15(16,17)18)10-11(19-20)12(23)6-5-7-14(22)21-8-3-2-4-9-21/h5-7,10,23H,2-4,8-9H2,1H3/b7-5+,12-6-. The Morgan fingerprint density at radius 1 is 1.39 bits per heavy atom. The van der Waals surface area contributed by atoms with Crippen LogP contribution in [0.4, 0.5) is 8.78 Å². The van der Waals surface area contributed by atoms with E-state index in [2.05, 4.69) is 17.7 Å². The maximum absolute atomic E-state index is 13.2. The van der Waals surface area contributed by atoms with Gasteiger partial charge in [-0.15, -0.1) is 12.6 Å². The summed E-state index contributed by atoms with van der Waals surface area (Å²) in [5.41, 5.74) is -0.149. The first-order valence-corrected chi connectivity index (χ1v) is 8.09. The lowest BCUT2D eigenvalue weighted by atomic mass is 10.1. The van der Waals surface area contributed by atoms with E-state index in [4.69, 9.17) is 11.6 Å². The first-order chi connectivity index (χ1) is 10.8. The van der Waals surface area contributed by atoms with E-state index >= 15 is 0 Å². The summed E-state index contributed by atoms with van der Waals surface area (Å²) >= 11 is 9.24. The number of aryl methyl sites for hydroxylation is 1. The molecule has 1 fully saturated rings. The highest BCUT2D eigenvalue weighted by atomic mass is 35.5. The van der Waals surface area contributed by atoms with E-state index in [0.29, 0.717) is 4.91 Å². The number of allylic oxidation sites excluding steroid dienone is 2. The Balaban J connectivity index is 2.05. The van der Waals surface area contributed by atoms with Crippen molar-refractivity contribution in [1.82, 2.24) is 14.7 Å². The van der Waals surface area contributed by atoms with Crippen LogP contribution in [-0.2, 0) is 17.2 Å². The van der Waals surface area contributed by atoms with Crippen molar-refractivity contribution >= 4 is 35.0 Å². The molecule has 1 saturated heterocycles. The third kappa shape index (κ3) is 4.81. The van der Waals surface area contributed by atoms with Gasteiger partial charge in [-0.3, -0.25) is 9.48 Å². The van der Waals surface area contributed by atoms with Crippen LogP contribution in [0.2, 0.25) is 0 Å². The second-order valence-electron chi connectivity index (χ2n) is 5.33. The first kappa shape index (κ1) is 18.0. The third-order valence-corrected chi connectivity index (χ3v) is 4.17. The number of piperidine rings is 1. The smallest absolute Gasteiger partial charge is 0.339 e. The fraction of sp³-hybridized carbons (Fsp3) is 0.467. The maximum Gasteiger partial charge on any atom is 0.364 e. The Morgan fingerprint density at radius 3 is 2.61 bits per heavy atom. The van der Waals surface area contributed by atoms with Gasteiger partial charge in [-0.2, -0.15) is 13.9 Å². The Morgan fingerprint density at radius 2 is 2.04 bits per heavy atom. The highest BCUT2D eigenvalue weighted by Crippen LogP contribution is 2.33. The molecule has 8 heteroatoms. The predicted octanol–water partition coefficient (Wildman–Crippen LogP) is 3.55. The van der Waals surface area contributed by atoms with Crippen molar-refractivity contribution in [2.45, 2.75) is 24.6 Å². The fourth-order valence-electron chi connectivity index (χ4n) is 2.38. The summed E-state index contributed by atoms with van der Waals surface area (Å²) in [7, 11) is 1.38. The molecule has 1 aliphatic heterocycles. The molecule has 0 aliphatic carbocycles. The lowest BCUT2D eigenvalue weighted by Crippen LogP contribution is -2.34. The molecule has 1 amide bonds. The van der Waals surface area contributed by atoms with Gasteiger partial charge in [-0.25, -0.2) is 0 Å². The number of nitrogens with zero attached hydrogens (tertiary/aromatic N) is 3. The van der Waals surface area contributed by atoms with Gasteiger partial charge in [0.1, 0.15) is 5.69 Å². The number of hydrogen-bond donors (Lipinski definition) is 1. The Labute approximate surface area is 144 Å². The Kier molecular flexibility index (Phi) is 5.86. The number of hydrogen-bond acceptors (Lipinski definition) is 3. The third-order valence-electron chi connectivity index (χ3n) is 3.59. The second-order valence-corrected chi connectivity index (χ2v) is 6.29. The van der Waals surface area contributed by atoms with Gasteiger partial charge in [0.2, 0.25) is 5.91 Å². The molecular weight excluding hydrogens is 344 g/mol. The summed E-state index contributed by atoms with van der Waals surface area (Å²) in [6, 6.07) is 1.17. The molecule has 0 saturated carbocycles. The van der Waals surface area contributed by atoms with E-state index in [-0.39, 0.29) is 11.6 Å². The van der Waals surface area contributed by atoms with E-state index in [1.54, 1.807) is 17.1 Å². The zero-order valence-electron chi connectivity index (χ0n) is 12.7. The zero-order chi connectivity index (χ0) is 17.0. The summed E-state index contributed by atoms with van der Waals surface area (Å²) in [5.74, 6) is -0.0592. The van der Waals surface area contributed by atoms with Gasteiger partial charge < -0.3 is 4.90 Å². The molecule has 2 rings (SSSR count). The number of halogens is 3. The van der Waals surface area contributed by atoms with Crippen LogP contribution < -0.4 is 0 Å². The Bertz CT molecular complexity index is 631. The van der Waals surface area contributed by atoms with Gasteiger partial charge in [0, 0.05) is 31.1 Å². The number of amides is 1. The van der Waals surface area contributed by atoms with Crippen LogP contribution in [0, 0.1) is 0 Å². The average Bonchev–Trinajstić information content (AvgIpc) is 2.90. The molecule has 4 nitrogen and oxygen atoms in total. The molecule has 0 spiro atoms. The highest BCUT2D eigenvalue weighted by molar-refractivity contribution is 7.90. The summed E-state index contributed by atoms with van der Waals surface area (Å²) in [4.78, 5) is 14.1. The van der Waals surface area contributed by atoms with Gasteiger partial charge in [-0.05, 0) is 43.0 Å². The SMILES string of the molecule is Cn1nc(/C(S)=C/C=C/C(=O)N2CCCCC2)cc1C(F)(F)Cl. The number of alkyl halides is 3. The van der Waals surface area contributed by atoms with E-state index in [1.807, 2.05) is 0 Å². The summed E-state index contributed by atoms with van der Waals surface area (Å²) in [6.07, 6.45) is 7.74. The van der Waals surface area contributed by atoms with Crippen molar-refractivity contribution in [2.75, 3.05) is 13.1 Å². The van der Waals surface area contributed by atoms with Crippen molar-refractivity contribution in [3.8, 4) is 0 Å². The van der Waals surface area contributed by atoms with Crippen molar-refractivity contribution in [1.29, 1.82) is 0 Å². The van der Waals surface area contributed by atoms with Crippen LogP contribution in [-0.4, -0.2) is 33.7 Å². The molecule has 0 N–H and O–H groups in total. The Hall–Kier alpha value is -1.34. The summed E-state index contributed by atoms with van der Waals surface area (Å²) in [5, 5.41) is 0.451. The molecule has 1 aliphatic rings. The molecule has 0 bridgehead atoms. The van der Waals surface area contributed by atoms with Crippen molar-refractivity contribution in [2.24, 2.45) is 7.05 Å². The number of likely N-dealkylation sites (tertiary alicyclic amines) is 1. The number of thiol groups is 1. The van der Waals surface area contributed by atoms with Gasteiger partial charge in [0.15, 0.2) is 0 Å². The fourth-order valence-corrected chi connectivity index (χ4v) is 2.76. The van der Waals surface area contributed by atoms with Crippen LogP contribution in [0.1, 0.15) is 30.7 Å². The van der Waals surface area contributed by atoms with Crippen molar-refractivity contribution < 1.29 is 13.6 Å². The van der Waals surface area contributed by atoms with Crippen LogP contribution >= 0.6 is 24.2 Å². The summed E-state index contributed by atoms with van der Waals surface area (Å²) in [6.45, 7) is 1.55. The van der Waals surface area contributed by atoms with Crippen LogP contribution in [0.5, 0.6) is 0 Å². The normalized spacial score (nSPS) is 17.1. The molecule has 1 aromatic heterocycles. The molecule has 2 heterocycles. The lowest BCUT2D eigenvalue weighted by molar-refractivity contribution is -0.126. The minimum atomic E-state index is -3.49. The molecule has 1 aromatic rings. The quantitative estimate of drug-likeness (QED) is 0.385.